The largest absolute Gasteiger partial charge is 0.375 e. The molecule has 0 aliphatic rings. The molecule has 1 N–H and O–H groups in total. The number of hydrogen-bond donors (Lipinski definition) is 1. The van der Waals surface area contributed by atoms with Gasteiger partial charge in [-0.2, -0.15) is 5.16 Å². The Balaban J connectivity index is 2.26. The van der Waals surface area contributed by atoms with E-state index >= 15 is 0 Å². The van der Waals surface area contributed by atoms with Gasteiger partial charge in [-0.15, -0.1) is 0 Å². The zero-order valence-corrected chi connectivity index (χ0v) is 8.18. The lowest BCUT2D eigenvalue weighted by molar-refractivity contribution is 0.448. The Labute approximate surface area is 89.7 Å². The van der Waals surface area contributed by atoms with Crippen molar-refractivity contribution in [1.82, 2.24) is 15.1 Å². The van der Waals surface area contributed by atoms with Crippen molar-refractivity contribution in [2.75, 3.05) is 0 Å². The minimum atomic E-state index is -0.338. The van der Waals surface area contributed by atoms with Gasteiger partial charge in [-0.05, 0) is 0 Å². The van der Waals surface area contributed by atoms with Crippen LogP contribution in [0.1, 0.15) is 0 Å². The number of aromatic amines is 1. The molecule has 1 aromatic carbocycles. The van der Waals surface area contributed by atoms with Gasteiger partial charge < -0.3 is 4.52 Å². The van der Waals surface area contributed by atoms with E-state index in [-0.39, 0.29) is 11.1 Å². The normalized spacial score (nSPS) is 10.8. The molecule has 0 bridgehead atoms. The summed E-state index contributed by atoms with van der Waals surface area (Å²) in [7, 11) is 0. The monoisotopic (exact) mass is 213 g/mol. The van der Waals surface area contributed by atoms with E-state index in [1.54, 1.807) is 0 Å². The topological polar surface area (TPSA) is 71.8 Å². The summed E-state index contributed by atoms with van der Waals surface area (Å²) in [5.41, 5.74) is 1.16. The molecule has 3 rings (SSSR count). The van der Waals surface area contributed by atoms with Gasteiger partial charge in [-0.3, -0.25) is 4.79 Å². The van der Waals surface area contributed by atoms with Crippen molar-refractivity contribution in [2.24, 2.45) is 0 Å². The lowest BCUT2D eigenvalue weighted by atomic mass is 10.2. The number of nitrogens with zero attached hydrogens (tertiary/aromatic N) is 2. The molecular weight excluding hydrogens is 206 g/mol. The first kappa shape index (κ1) is 8.84. The second kappa shape index (κ2) is 3.30. The molecule has 0 saturated heterocycles. The Morgan fingerprint density at radius 3 is 2.81 bits per heavy atom. The van der Waals surface area contributed by atoms with Crippen LogP contribution in [-0.2, 0) is 0 Å². The van der Waals surface area contributed by atoms with Gasteiger partial charge in [0.25, 0.3) is 0 Å². The molecule has 5 nitrogen and oxygen atoms in total. The van der Waals surface area contributed by atoms with Crippen LogP contribution in [0.2, 0.25) is 0 Å². The highest BCUT2D eigenvalue weighted by atomic mass is 16.5. The third kappa shape index (κ3) is 1.30. The van der Waals surface area contributed by atoms with E-state index in [0.29, 0.717) is 11.4 Å². The molecule has 0 amide bonds. The number of hydrogen-bond acceptors (Lipinski definition) is 4. The molecule has 0 aliphatic heterocycles. The van der Waals surface area contributed by atoms with Gasteiger partial charge >= 0.3 is 5.56 Å². The van der Waals surface area contributed by atoms with Crippen molar-refractivity contribution in [1.29, 1.82) is 0 Å². The molecule has 0 fully saturated rings. The molecule has 78 valence electrons. The third-order valence-corrected chi connectivity index (χ3v) is 2.26. The average Bonchev–Trinajstić information content (AvgIpc) is 2.72. The molecule has 2 aromatic heterocycles. The van der Waals surface area contributed by atoms with E-state index in [4.69, 9.17) is 4.52 Å². The highest BCUT2D eigenvalue weighted by Gasteiger charge is 2.08. The van der Waals surface area contributed by atoms with Crippen LogP contribution in [0.25, 0.3) is 22.5 Å². The standard InChI is InChI=1S/C11H7N3O2/c15-11-9-8(16-14-11)6-12-10(13-9)7-4-2-1-3-5-7/h1-6H,(H,14,15). The number of nitrogens with one attached hydrogen (secondary N) is 1. The van der Waals surface area contributed by atoms with Crippen LogP contribution in [-0.4, -0.2) is 15.1 Å². The second-order valence-corrected chi connectivity index (χ2v) is 3.31. The lowest BCUT2D eigenvalue weighted by Gasteiger charge is -1.97. The van der Waals surface area contributed by atoms with Crippen LogP contribution in [0.15, 0.2) is 45.8 Å². The number of H-pyrrole nitrogens is 1. The van der Waals surface area contributed by atoms with Crippen molar-refractivity contribution in [2.45, 2.75) is 0 Å². The first-order chi connectivity index (χ1) is 7.84. The summed E-state index contributed by atoms with van der Waals surface area (Å²) in [4.78, 5) is 19.6. The summed E-state index contributed by atoms with van der Waals surface area (Å²) in [6, 6.07) is 9.46. The van der Waals surface area contributed by atoms with Crippen molar-refractivity contribution >= 4 is 11.1 Å². The fourth-order valence-corrected chi connectivity index (χ4v) is 1.48. The quantitative estimate of drug-likeness (QED) is 0.666. The number of benzene rings is 1. The molecule has 0 unspecified atom stereocenters. The highest BCUT2D eigenvalue weighted by Crippen LogP contribution is 2.15. The molecule has 0 aliphatic carbocycles. The first-order valence-electron chi connectivity index (χ1n) is 4.74. The maximum atomic E-state index is 11.3. The lowest BCUT2D eigenvalue weighted by Crippen LogP contribution is -2.00. The van der Waals surface area contributed by atoms with Crippen molar-refractivity contribution in [3.8, 4) is 11.4 Å². The number of rotatable bonds is 1. The van der Waals surface area contributed by atoms with Crippen LogP contribution in [0.5, 0.6) is 0 Å². The fourth-order valence-electron chi connectivity index (χ4n) is 1.48. The first-order valence-corrected chi connectivity index (χ1v) is 4.74. The van der Waals surface area contributed by atoms with Gasteiger partial charge in [0, 0.05) is 5.56 Å². The maximum absolute atomic E-state index is 11.3. The summed E-state index contributed by atoms with van der Waals surface area (Å²) in [6.07, 6.45) is 1.49. The van der Waals surface area contributed by atoms with Gasteiger partial charge in [0.1, 0.15) is 0 Å². The van der Waals surface area contributed by atoms with E-state index in [0.717, 1.165) is 5.56 Å². The molecule has 16 heavy (non-hydrogen) atoms. The van der Waals surface area contributed by atoms with E-state index in [2.05, 4.69) is 15.1 Å². The molecule has 0 radical (unpaired) electrons. The molecule has 3 aromatic rings. The summed E-state index contributed by atoms with van der Waals surface area (Å²) in [5, 5.41) is 2.22. The molecule has 2 heterocycles. The minimum Gasteiger partial charge on any atom is -0.375 e. The summed E-state index contributed by atoms with van der Waals surface area (Å²) < 4.78 is 4.88. The highest BCUT2D eigenvalue weighted by molar-refractivity contribution is 5.72. The van der Waals surface area contributed by atoms with Gasteiger partial charge in [0.05, 0.1) is 6.20 Å². The third-order valence-electron chi connectivity index (χ3n) is 2.26. The molecular formula is C11H7N3O2. The molecule has 5 heteroatoms. The maximum Gasteiger partial charge on any atom is 0.306 e. The van der Waals surface area contributed by atoms with Gasteiger partial charge in [0.2, 0.25) is 5.58 Å². The predicted molar refractivity (Wildman–Crippen MR) is 57.9 cm³/mol. The average molecular weight is 213 g/mol. The Hall–Kier alpha value is -2.43. The summed E-state index contributed by atoms with van der Waals surface area (Å²) in [5.74, 6) is 0.514. The summed E-state index contributed by atoms with van der Waals surface area (Å²) in [6.45, 7) is 0. The minimum absolute atomic E-state index is 0.272. The second-order valence-electron chi connectivity index (χ2n) is 3.31. The van der Waals surface area contributed by atoms with E-state index in [1.807, 2.05) is 30.3 Å². The van der Waals surface area contributed by atoms with Crippen LogP contribution in [0, 0.1) is 0 Å². The van der Waals surface area contributed by atoms with Crippen molar-refractivity contribution in [3.05, 3.63) is 46.9 Å². The van der Waals surface area contributed by atoms with Gasteiger partial charge in [-0.1, -0.05) is 30.3 Å². The SMILES string of the molecule is O=c1[nH]oc2cnc(-c3ccccc3)nc12. The van der Waals surface area contributed by atoms with Crippen LogP contribution in [0.3, 0.4) is 0 Å². The van der Waals surface area contributed by atoms with E-state index < -0.39 is 0 Å². The van der Waals surface area contributed by atoms with Crippen molar-refractivity contribution in [3.63, 3.8) is 0 Å². The summed E-state index contributed by atoms with van der Waals surface area (Å²) >= 11 is 0. The van der Waals surface area contributed by atoms with Gasteiger partial charge in [0.15, 0.2) is 11.3 Å². The van der Waals surface area contributed by atoms with Crippen LogP contribution in [0.4, 0.5) is 0 Å². The zero-order chi connectivity index (χ0) is 11.0. The Bertz CT molecular complexity index is 685. The molecule has 0 atom stereocenters. The van der Waals surface area contributed by atoms with Crippen molar-refractivity contribution < 1.29 is 4.52 Å². The van der Waals surface area contributed by atoms with E-state index in [9.17, 15) is 4.79 Å². The zero-order valence-electron chi connectivity index (χ0n) is 8.18. The fraction of sp³-hybridized carbons (Fsp3) is 0. The van der Waals surface area contributed by atoms with E-state index in [1.165, 1.54) is 6.20 Å². The Morgan fingerprint density at radius 2 is 2.00 bits per heavy atom. The number of aromatic nitrogens is 3. The van der Waals surface area contributed by atoms with Gasteiger partial charge in [-0.25, -0.2) is 9.97 Å². The molecule has 0 saturated carbocycles. The smallest absolute Gasteiger partial charge is 0.306 e. The number of fused-ring (bicyclic) bond motifs is 1. The molecule has 0 spiro atoms. The van der Waals surface area contributed by atoms with Crippen LogP contribution >= 0.6 is 0 Å². The predicted octanol–water partition coefficient (Wildman–Crippen LogP) is 1.58. The van der Waals surface area contributed by atoms with Crippen LogP contribution < -0.4 is 5.56 Å². The Kier molecular flexibility index (Phi) is 1.83. The Morgan fingerprint density at radius 1 is 1.19 bits per heavy atom.